The number of morpholine rings is 1. The predicted octanol–water partition coefficient (Wildman–Crippen LogP) is 3.15. The van der Waals surface area contributed by atoms with Gasteiger partial charge in [-0.25, -0.2) is 0 Å². The molecule has 1 amide bonds. The lowest BCUT2D eigenvalue weighted by Gasteiger charge is -2.36. The van der Waals surface area contributed by atoms with E-state index in [1.807, 2.05) is 36.9 Å². The lowest BCUT2D eigenvalue weighted by atomic mass is 10.0. The standard InChI is InChI=1S/C22H30N2O5/c1-14-12-24(13-15(2)27-14)22(25)21-11-18(23-29-21)16-8-9-19(26-3)20(10-16)28-17-6-4-5-7-17/h8-10,14-15,17,21H,4-7,11-13H2,1-3H3. The molecule has 29 heavy (non-hydrogen) atoms. The van der Waals surface area contributed by atoms with E-state index in [4.69, 9.17) is 19.0 Å². The molecule has 3 unspecified atom stereocenters. The molecule has 0 bridgehead atoms. The summed E-state index contributed by atoms with van der Waals surface area (Å²) in [5, 5.41) is 4.21. The number of carbonyl (C=O) groups excluding carboxylic acids is 1. The summed E-state index contributed by atoms with van der Waals surface area (Å²) in [4.78, 5) is 20.2. The Morgan fingerprint density at radius 1 is 1.14 bits per heavy atom. The fourth-order valence-electron chi connectivity index (χ4n) is 4.38. The molecule has 7 heteroatoms. The number of ether oxygens (including phenoxy) is 3. The van der Waals surface area contributed by atoms with Crippen LogP contribution in [0.5, 0.6) is 11.5 Å². The summed E-state index contributed by atoms with van der Waals surface area (Å²) >= 11 is 0. The van der Waals surface area contributed by atoms with Crippen molar-refractivity contribution < 1.29 is 23.8 Å². The lowest BCUT2D eigenvalue weighted by Crippen LogP contribution is -2.51. The first-order chi connectivity index (χ1) is 14.0. The maximum absolute atomic E-state index is 12.9. The summed E-state index contributed by atoms with van der Waals surface area (Å²) in [5.74, 6) is 1.41. The third kappa shape index (κ3) is 4.50. The maximum Gasteiger partial charge on any atom is 0.267 e. The third-order valence-electron chi connectivity index (χ3n) is 5.77. The van der Waals surface area contributed by atoms with Crippen molar-refractivity contribution in [1.29, 1.82) is 0 Å². The quantitative estimate of drug-likeness (QED) is 0.757. The lowest BCUT2D eigenvalue weighted by molar-refractivity contribution is -0.153. The first-order valence-electron chi connectivity index (χ1n) is 10.6. The van der Waals surface area contributed by atoms with Gasteiger partial charge in [-0.2, -0.15) is 0 Å². The maximum atomic E-state index is 12.9. The second-order valence-electron chi connectivity index (χ2n) is 8.23. The summed E-state index contributed by atoms with van der Waals surface area (Å²) in [6.45, 7) is 5.13. The van der Waals surface area contributed by atoms with Gasteiger partial charge in [0.25, 0.3) is 5.91 Å². The van der Waals surface area contributed by atoms with E-state index in [2.05, 4.69) is 5.16 Å². The average Bonchev–Trinajstić information content (AvgIpc) is 3.39. The molecule has 1 aliphatic carbocycles. The van der Waals surface area contributed by atoms with Crippen molar-refractivity contribution in [3.63, 3.8) is 0 Å². The highest BCUT2D eigenvalue weighted by molar-refractivity contribution is 6.04. The second-order valence-corrected chi connectivity index (χ2v) is 8.23. The number of hydrogen-bond acceptors (Lipinski definition) is 6. The number of hydrogen-bond donors (Lipinski definition) is 0. The molecule has 158 valence electrons. The number of carbonyl (C=O) groups is 1. The van der Waals surface area contributed by atoms with Crippen LogP contribution in [0.3, 0.4) is 0 Å². The summed E-state index contributed by atoms with van der Waals surface area (Å²) in [6.07, 6.45) is 4.72. The van der Waals surface area contributed by atoms with Gasteiger partial charge < -0.3 is 23.9 Å². The Morgan fingerprint density at radius 3 is 2.55 bits per heavy atom. The Bertz CT molecular complexity index is 764. The van der Waals surface area contributed by atoms with Gasteiger partial charge in [0.05, 0.1) is 31.1 Å². The highest BCUT2D eigenvalue weighted by Gasteiger charge is 2.35. The fourth-order valence-corrected chi connectivity index (χ4v) is 4.38. The zero-order valence-electron chi connectivity index (χ0n) is 17.4. The largest absolute Gasteiger partial charge is 0.493 e. The summed E-state index contributed by atoms with van der Waals surface area (Å²) in [7, 11) is 1.64. The fraction of sp³-hybridized carbons (Fsp3) is 0.636. The van der Waals surface area contributed by atoms with Gasteiger partial charge >= 0.3 is 0 Å². The van der Waals surface area contributed by atoms with E-state index in [0.29, 0.717) is 25.3 Å². The average molecular weight is 402 g/mol. The van der Waals surface area contributed by atoms with Crippen molar-refractivity contribution in [2.75, 3.05) is 20.2 Å². The van der Waals surface area contributed by atoms with Crippen molar-refractivity contribution in [3.05, 3.63) is 23.8 Å². The molecule has 1 aromatic rings. The zero-order chi connectivity index (χ0) is 20.4. The Labute approximate surface area is 171 Å². The highest BCUT2D eigenvalue weighted by Crippen LogP contribution is 2.33. The Morgan fingerprint density at radius 2 is 1.86 bits per heavy atom. The molecule has 2 fully saturated rings. The van der Waals surface area contributed by atoms with Crippen LogP contribution in [0.1, 0.15) is 51.5 Å². The molecular weight excluding hydrogens is 372 g/mol. The van der Waals surface area contributed by atoms with Crippen molar-refractivity contribution >= 4 is 11.6 Å². The predicted molar refractivity (Wildman–Crippen MR) is 108 cm³/mol. The molecule has 0 N–H and O–H groups in total. The Kier molecular flexibility index (Phi) is 5.94. The van der Waals surface area contributed by atoms with E-state index in [0.717, 1.165) is 29.9 Å². The number of rotatable bonds is 5. The van der Waals surface area contributed by atoms with E-state index < -0.39 is 6.10 Å². The minimum absolute atomic E-state index is 0.0262. The van der Waals surface area contributed by atoms with Gasteiger partial charge in [-0.1, -0.05) is 5.16 Å². The molecule has 2 heterocycles. The van der Waals surface area contributed by atoms with Crippen LogP contribution in [0.4, 0.5) is 0 Å². The number of nitrogens with zero attached hydrogens (tertiary/aromatic N) is 2. The van der Waals surface area contributed by atoms with Crippen molar-refractivity contribution in [1.82, 2.24) is 4.90 Å². The number of oxime groups is 1. The van der Waals surface area contributed by atoms with Crippen molar-refractivity contribution in [3.8, 4) is 11.5 Å². The Balaban J connectivity index is 1.43. The van der Waals surface area contributed by atoms with E-state index in [-0.39, 0.29) is 24.2 Å². The van der Waals surface area contributed by atoms with Gasteiger partial charge in [-0.3, -0.25) is 4.79 Å². The third-order valence-corrected chi connectivity index (χ3v) is 5.77. The number of benzene rings is 1. The molecular formula is C22H30N2O5. The minimum Gasteiger partial charge on any atom is -0.493 e. The first kappa shape index (κ1) is 20.0. The van der Waals surface area contributed by atoms with Gasteiger partial charge in [0.2, 0.25) is 6.10 Å². The van der Waals surface area contributed by atoms with Gasteiger partial charge in [0, 0.05) is 25.1 Å². The molecule has 4 rings (SSSR count). The van der Waals surface area contributed by atoms with Gasteiger partial charge in [-0.15, -0.1) is 0 Å². The van der Waals surface area contributed by atoms with Crippen molar-refractivity contribution in [2.45, 2.75) is 70.4 Å². The van der Waals surface area contributed by atoms with Crippen molar-refractivity contribution in [2.24, 2.45) is 5.16 Å². The Hall–Kier alpha value is -2.28. The van der Waals surface area contributed by atoms with Crippen LogP contribution < -0.4 is 9.47 Å². The van der Waals surface area contributed by atoms with Crippen LogP contribution in [-0.2, 0) is 14.4 Å². The zero-order valence-corrected chi connectivity index (χ0v) is 17.4. The van der Waals surface area contributed by atoms with Crippen LogP contribution in [0.2, 0.25) is 0 Å². The van der Waals surface area contributed by atoms with Gasteiger partial charge in [-0.05, 0) is 57.7 Å². The molecule has 3 atom stereocenters. The SMILES string of the molecule is COc1ccc(C2=NOC(C(=O)N3CC(C)OC(C)C3)C2)cc1OC1CCCC1. The first-order valence-corrected chi connectivity index (χ1v) is 10.6. The molecule has 2 aliphatic heterocycles. The monoisotopic (exact) mass is 402 g/mol. The second kappa shape index (κ2) is 8.61. The topological polar surface area (TPSA) is 69.6 Å². The number of methoxy groups -OCH3 is 1. The summed E-state index contributed by atoms with van der Waals surface area (Å²) < 4.78 is 17.4. The van der Waals surface area contributed by atoms with E-state index in [1.54, 1.807) is 7.11 Å². The van der Waals surface area contributed by atoms with Crippen LogP contribution in [-0.4, -0.2) is 61.1 Å². The van der Waals surface area contributed by atoms with Gasteiger partial charge in [0.15, 0.2) is 11.5 Å². The smallest absolute Gasteiger partial charge is 0.267 e. The summed E-state index contributed by atoms with van der Waals surface area (Å²) in [6, 6.07) is 5.78. The molecule has 7 nitrogen and oxygen atoms in total. The van der Waals surface area contributed by atoms with E-state index in [1.165, 1.54) is 12.8 Å². The highest BCUT2D eigenvalue weighted by atomic mass is 16.6. The molecule has 1 aromatic carbocycles. The molecule has 1 saturated carbocycles. The number of amides is 1. The van der Waals surface area contributed by atoms with E-state index >= 15 is 0 Å². The van der Waals surface area contributed by atoms with Gasteiger partial charge in [0.1, 0.15) is 0 Å². The van der Waals surface area contributed by atoms with Crippen LogP contribution in [0, 0.1) is 0 Å². The summed E-state index contributed by atoms with van der Waals surface area (Å²) in [5.41, 5.74) is 1.66. The molecule has 1 saturated heterocycles. The molecule has 0 spiro atoms. The normalized spacial score (nSPS) is 27.5. The molecule has 0 aromatic heterocycles. The van der Waals surface area contributed by atoms with Crippen LogP contribution in [0.15, 0.2) is 23.4 Å². The molecule has 3 aliphatic rings. The van der Waals surface area contributed by atoms with Crippen LogP contribution in [0.25, 0.3) is 0 Å². The molecule has 0 radical (unpaired) electrons. The van der Waals surface area contributed by atoms with E-state index in [9.17, 15) is 4.79 Å². The minimum atomic E-state index is -0.580. The van der Waals surface area contributed by atoms with Crippen LogP contribution >= 0.6 is 0 Å².